The standard InChI is InChI=1S/C11H14NS/c1-11(2,3)12-8-13-10-7-5-4-6-9(10)12/h4-8H,1-3H3/q+1. The van der Waals surface area contributed by atoms with Crippen molar-refractivity contribution in [1.29, 1.82) is 0 Å². The van der Waals surface area contributed by atoms with E-state index in [4.69, 9.17) is 0 Å². The minimum Gasteiger partial charge on any atom is -0.184 e. The van der Waals surface area contributed by atoms with Gasteiger partial charge in [0.2, 0.25) is 11.0 Å². The molecule has 1 aromatic carbocycles. The van der Waals surface area contributed by atoms with Crippen LogP contribution in [0.4, 0.5) is 0 Å². The maximum Gasteiger partial charge on any atom is 0.226 e. The molecule has 0 fully saturated rings. The maximum absolute atomic E-state index is 2.33. The van der Waals surface area contributed by atoms with Crippen LogP contribution in [0.3, 0.4) is 0 Å². The van der Waals surface area contributed by atoms with Crippen molar-refractivity contribution in [2.75, 3.05) is 0 Å². The average Bonchev–Trinajstić information content (AvgIpc) is 2.45. The smallest absolute Gasteiger partial charge is 0.184 e. The van der Waals surface area contributed by atoms with E-state index in [0.717, 1.165) is 0 Å². The van der Waals surface area contributed by atoms with Crippen molar-refractivity contribution < 1.29 is 4.57 Å². The van der Waals surface area contributed by atoms with Crippen molar-refractivity contribution in [3.05, 3.63) is 29.8 Å². The van der Waals surface area contributed by atoms with E-state index in [0.29, 0.717) is 0 Å². The van der Waals surface area contributed by atoms with Gasteiger partial charge in [0.05, 0.1) is 0 Å². The highest BCUT2D eigenvalue weighted by atomic mass is 32.1. The first-order valence-corrected chi connectivity index (χ1v) is 5.35. The average molecular weight is 192 g/mol. The number of nitrogens with zero attached hydrogens (tertiary/aromatic N) is 1. The molecule has 0 amide bonds. The summed E-state index contributed by atoms with van der Waals surface area (Å²) in [4.78, 5) is 0. The lowest BCUT2D eigenvalue weighted by Crippen LogP contribution is -2.48. The number of benzene rings is 1. The highest BCUT2D eigenvalue weighted by Crippen LogP contribution is 2.18. The Kier molecular flexibility index (Phi) is 1.88. The van der Waals surface area contributed by atoms with Crippen LogP contribution >= 0.6 is 11.3 Å². The summed E-state index contributed by atoms with van der Waals surface area (Å²) in [5, 5.41) is 0. The molecule has 0 bridgehead atoms. The molecule has 13 heavy (non-hydrogen) atoms. The minimum absolute atomic E-state index is 0.180. The Labute approximate surface area is 82.6 Å². The van der Waals surface area contributed by atoms with Gasteiger partial charge in [-0.1, -0.05) is 23.5 Å². The third-order valence-corrected chi connectivity index (χ3v) is 3.05. The molecule has 0 radical (unpaired) electrons. The normalized spacial score (nSPS) is 12.2. The van der Waals surface area contributed by atoms with E-state index in [-0.39, 0.29) is 5.54 Å². The van der Waals surface area contributed by atoms with E-state index in [1.165, 1.54) is 10.2 Å². The third kappa shape index (κ3) is 1.46. The molecule has 0 saturated carbocycles. The first-order chi connectivity index (χ1) is 6.09. The number of para-hydroxylation sites is 1. The molecule has 0 aliphatic rings. The highest BCUT2D eigenvalue weighted by molar-refractivity contribution is 7.16. The van der Waals surface area contributed by atoms with Crippen molar-refractivity contribution in [2.45, 2.75) is 26.3 Å². The number of rotatable bonds is 0. The van der Waals surface area contributed by atoms with E-state index >= 15 is 0 Å². The Balaban J connectivity index is 2.72. The molecule has 0 spiro atoms. The zero-order valence-corrected chi connectivity index (χ0v) is 9.06. The molecule has 0 unspecified atom stereocenters. The van der Waals surface area contributed by atoms with Gasteiger partial charge >= 0.3 is 0 Å². The van der Waals surface area contributed by atoms with E-state index in [1.807, 2.05) is 0 Å². The predicted octanol–water partition coefficient (Wildman–Crippen LogP) is 2.94. The molecule has 1 aromatic heterocycles. The van der Waals surface area contributed by atoms with Gasteiger partial charge in [-0.05, 0) is 6.07 Å². The van der Waals surface area contributed by atoms with Gasteiger partial charge in [-0.15, -0.1) is 0 Å². The third-order valence-electron chi connectivity index (χ3n) is 2.13. The van der Waals surface area contributed by atoms with Gasteiger partial charge in [-0.3, -0.25) is 0 Å². The first-order valence-electron chi connectivity index (χ1n) is 4.47. The second-order valence-electron chi connectivity index (χ2n) is 4.23. The summed E-state index contributed by atoms with van der Waals surface area (Å²) in [6, 6.07) is 8.53. The molecule has 0 saturated heterocycles. The molecule has 0 aliphatic heterocycles. The zero-order chi connectivity index (χ0) is 9.47. The van der Waals surface area contributed by atoms with Gasteiger partial charge in [0, 0.05) is 26.8 Å². The molecule has 2 aromatic rings. The fraction of sp³-hybridized carbons (Fsp3) is 0.364. The lowest BCUT2D eigenvalue weighted by molar-refractivity contribution is -0.726. The van der Waals surface area contributed by atoms with Crippen molar-refractivity contribution in [3.8, 4) is 0 Å². The molecule has 0 atom stereocenters. The van der Waals surface area contributed by atoms with Gasteiger partial charge in [-0.25, -0.2) is 0 Å². The zero-order valence-electron chi connectivity index (χ0n) is 8.24. The van der Waals surface area contributed by atoms with Gasteiger partial charge in [-0.2, -0.15) is 4.57 Å². The topological polar surface area (TPSA) is 3.88 Å². The molecule has 2 heteroatoms. The van der Waals surface area contributed by atoms with Crippen LogP contribution in [0.25, 0.3) is 10.2 Å². The number of hydrogen-bond donors (Lipinski definition) is 0. The van der Waals surface area contributed by atoms with Crippen LogP contribution in [0.5, 0.6) is 0 Å². The van der Waals surface area contributed by atoms with Crippen LogP contribution in [0.1, 0.15) is 20.8 Å². The second kappa shape index (κ2) is 2.81. The minimum atomic E-state index is 0.180. The summed E-state index contributed by atoms with van der Waals surface area (Å²) in [5.41, 5.74) is 3.71. The monoisotopic (exact) mass is 192 g/mol. The van der Waals surface area contributed by atoms with Crippen LogP contribution in [-0.4, -0.2) is 0 Å². The van der Waals surface area contributed by atoms with E-state index in [1.54, 1.807) is 11.3 Å². The molecule has 0 N–H and O–H groups in total. The molecule has 1 nitrogen and oxygen atoms in total. The fourth-order valence-corrected chi connectivity index (χ4v) is 2.53. The lowest BCUT2D eigenvalue weighted by atomic mass is 10.1. The quantitative estimate of drug-likeness (QED) is 0.565. The first kappa shape index (κ1) is 8.70. The predicted molar refractivity (Wildman–Crippen MR) is 57.0 cm³/mol. The van der Waals surface area contributed by atoms with Gasteiger partial charge in [0.1, 0.15) is 4.70 Å². The van der Waals surface area contributed by atoms with Crippen LogP contribution < -0.4 is 4.57 Å². The fourth-order valence-electron chi connectivity index (χ4n) is 1.44. The Hall–Kier alpha value is -0.890. The molecule has 68 valence electrons. The summed E-state index contributed by atoms with van der Waals surface area (Å²) in [5.74, 6) is 0. The Morgan fingerprint density at radius 2 is 1.85 bits per heavy atom. The Bertz CT molecular complexity index is 423. The molecule has 2 rings (SSSR count). The van der Waals surface area contributed by atoms with E-state index in [9.17, 15) is 0 Å². The number of fused-ring (bicyclic) bond motifs is 1. The van der Waals surface area contributed by atoms with Gasteiger partial charge in [0.15, 0.2) is 5.54 Å². The summed E-state index contributed by atoms with van der Waals surface area (Å²) < 4.78 is 3.69. The van der Waals surface area contributed by atoms with Crippen LogP contribution in [0, 0.1) is 0 Å². The van der Waals surface area contributed by atoms with Crippen LogP contribution in [0.2, 0.25) is 0 Å². The van der Waals surface area contributed by atoms with Crippen molar-refractivity contribution >= 4 is 21.6 Å². The van der Waals surface area contributed by atoms with Crippen molar-refractivity contribution in [1.82, 2.24) is 0 Å². The highest BCUT2D eigenvalue weighted by Gasteiger charge is 2.25. The Morgan fingerprint density at radius 3 is 2.54 bits per heavy atom. The Morgan fingerprint density at radius 1 is 1.15 bits per heavy atom. The van der Waals surface area contributed by atoms with E-state index in [2.05, 4.69) is 55.1 Å². The number of thiazole rings is 1. The van der Waals surface area contributed by atoms with Crippen molar-refractivity contribution in [2.24, 2.45) is 0 Å². The van der Waals surface area contributed by atoms with Crippen LogP contribution in [0.15, 0.2) is 29.8 Å². The van der Waals surface area contributed by atoms with Gasteiger partial charge in [0.25, 0.3) is 0 Å². The van der Waals surface area contributed by atoms with Crippen LogP contribution in [-0.2, 0) is 5.54 Å². The summed E-state index contributed by atoms with van der Waals surface area (Å²) in [6.07, 6.45) is 0. The maximum atomic E-state index is 2.33. The molecular weight excluding hydrogens is 178 g/mol. The SMILES string of the molecule is CC(C)(C)[n+]1csc2ccccc21. The van der Waals surface area contributed by atoms with E-state index < -0.39 is 0 Å². The molecule has 1 heterocycles. The summed E-state index contributed by atoms with van der Waals surface area (Å²) in [7, 11) is 0. The second-order valence-corrected chi connectivity index (χ2v) is 5.12. The summed E-state index contributed by atoms with van der Waals surface area (Å²) in [6.45, 7) is 6.68. The number of aromatic nitrogens is 1. The molecular formula is C11H14NS+. The summed E-state index contributed by atoms with van der Waals surface area (Å²) >= 11 is 1.80. The van der Waals surface area contributed by atoms with Crippen molar-refractivity contribution in [3.63, 3.8) is 0 Å². The number of hydrogen-bond acceptors (Lipinski definition) is 1. The van der Waals surface area contributed by atoms with Gasteiger partial charge < -0.3 is 0 Å². The molecule has 0 aliphatic carbocycles. The lowest BCUT2D eigenvalue weighted by Gasteiger charge is -2.10. The largest absolute Gasteiger partial charge is 0.226 e.